The molecule has 2 aromatic heterocycles. The minimum Gasteiger partial charge on any atom is -0.351 e. The highest BCUT2D eigenvalue weighted by molar-refractivity contribution is 7.08. The summed E-state index contributed by atoms with van der Waals surface area (Å²) in [5, 5.41) is 15.7. The van der Waals surface area contributed by atoms with Crippen molar-refractivity contribution >= 4 is 29.0 Å². The van der Waals surface area contributed by atoms with Gasteiger partial charge in [-0.05, 0) is 17.9 Å². The third kappa shape index (κ3) is 3.67. The van der Waals surface area contributed by atoms with Gasteiger partial charge in [-0.15, -0.1) is 0 Å². The third-order valence-corrected chi connectivity index (χ3v) is 3.47. The Kier molecular flexibility index (Phi) is 4.89. The van der Waals surface area contributed by atoms with Crippen LogP contribution >= 0.6 is 11.3 Å². The fraction of sp³-hybridized carbons (Fsp3) is 0.308. The molecule has 2 heterocycles. The lowest BCUT2D eigenvalue weighted by molar-refractivity contribution is -0.116. The Balaban J connectivity index is 1.74. The molecule has 3 N–H and O–H groups in total. The van der Waals surface area contributed by atoms with Crippen LogP contribution in [-0.2, 0) is 11.2 Å². The minimum absolute atomic E-state index is 0.158. The number of nitrogens with zero attached hydrogens (tertiary/aromatic N) is 1. The van der Waals surface area contributed by atoms with E-state index in [2.05, 4.69) is 20.8 Å². The van der Waals surface area contributed by atoms with E-state index in [9.17, 15) is 9.59 Å². The summed E-state index contributed by atoms with van der Waals surface area (Å²) < 4.78 is 0. The number of hydrogen-bond acceptors (Lipinski definition) is 4. The lowest BCUT2D eigenvalue weighted by Crippen LogP contribution is -2.27. The van der Waals surface area contributed by atoms with E-state index in [1.54, 1.807) is 17.6 Å². The summed E-state index contributed by atoms with van der Waals surface area (Å²) in [7, 11) is 0. The molecule has 106 valence electrons. The number of carbonyl (C=O) groups excluding carboxylic acids is 2. The van der Waals surface area contributed by atoms with Crippen LogP contribution in [0.1, 0.15) is 29.3 Å². The van der Waals surface area contributed by atoms with E-state index in [0.29, 0.717) is 17.9 Å². The van der Waals surface area contributed by atoms with Crippen LogP contribution in [-0.4, -0.2) is 28.6 Å². The van der Waals surface area contributed by atoms with Crippen LogP contribution in [0.3, 0.4) is 0 Å². The number of amides is 2. The number of rotatable bonds is 6. The summed E-state index contributed by atoms with van der Waals surface area (Å²) in [6.07, 6.45) is 2.70. The number of aromatic nitrogens is 2. The van der Waals surface area contributed by atoms with E-state index < -0.39 is 0 Å². The van der Waals surface area contributed by atoms with E-state index in [4.69, 9.17) is 0 Å². The van der Waals surface area contributed by atoms with Gasteiger partial charge in [0.05, 0.1) is 6.20 Å². The standard InChI is InChI=1S/C13H16N4O2S/c1-2-9-7-15-17-12(9)16-11(18)3-5-14-13(19)10-4-6-20-8-10/h4,6-8H,2-3,5H2,1H3,(H,14,19)(H2,15,16,17,18). The average molecular weight is 292 g/mol. The molecular formula is C13H16N4O2S. The van der Waals surface area contributed by atoms with Crippen molar-refractivity contribution in [2.24, 2.45) is 0 Å². The zero-order valence-electron chi connectivity index (χ0n) is 11.1. The fourth-order valence-electron chi connectivity index (χ4n) is 1.67. The van der Waals surface area contributed by atoms with Crippen LogP contribution in [0.4, 0.5) is 5.82 Å². The Morgan fingerprint density at radius 2 is 2.30 bits per heavy atom. The molecule has 0 aliphatic heterocycles. The monoisotopic (exact) mass is 292 g/mol. The number of carbonyl (C=O) groups is 2. The van der Waals surface area contributed by atoms with Crippen LogP contribution in [0.5, 0.6) is 0 Å². The van der Waals surface area contributed by atoms with E-state index in [1.165, 1.54) is 11.3 Å². The van der Waals surface area contributed by atoms with Crippen molar-refractivity contribution in [1.29, 1.82) is 0 Å². The van der Waals surface area contributed by atoms with E-state index >= 15 is 0 Å². The zero-order chi connectivity index (χ0) is 14.4. The quantitative estimate of drug-likeness (QED) is 0.758. The van der Waals surface area contributed by atoms with Gasteiger partial charge in [0.1, 0.15) is 5.82 Å². The SMILES string of the molecule is CCc1cn[nH]c1NC(=O)CCNC(=O)c1ccsc1. The summed E-state index contributed by atoms with van der Waals surface area (Å²) >= 11 is 1.46. The first-order valence-corrected chi connectivity index (χ1v) is 7.27. The number of anilines is 1. The first kappa shape index (κ1) is 14.3. The summed E-state index contributed by atoms with van der Waals surface area (Å²) in [6.45, 7) is 2.29. The van der Waals surface area contributed by atoms with Crippen molar-refractivity contribution in [1.82, 2.24) is 15.5 Å². The maximum Gasteiger partial charge on any atom is 0.252 e. The summed E-state index contributed by atoms with van der Waals surface area (Å²) in [5.74, 6) is 0.311. The highest BCUT2D eigenvalue weighted by atomic mass is 32.1. The average Bonchev–Trinajstić information content (AvgIpc) is 3.09. The van der Waals surface area contributed by atoms with E-state index in [1.807, 2.05) is 12.3 Å². The van der Waals surface area contributed by atoms with E-state index in [-0.39, 0.29) is 18.2 Å². The molecule has 7 heteroatoms. The van der Waals surface area contributed by atoms with Crippen molar-refractivity contribution in [3.8, 4) is 0 Å². The maximum atomic E-state index is 11.7. The van der Waals surface area contributed by atoms with Crippen molar-refractivity contribution in [2.45, 2.75) is 19.8 Å². The molecule has 2 rings (SSSR count). The van der Waals surface area contributed by atoms with Gasteiger partial charge in [-0.3, -0.25) is 14.7 Å². The molecule has 0 spiro atoms. The molecule has 0 aliphatic carbocycles. The van der Waals surface area contributed by atoms with Crippen LogP contribution in [0.15, 0.2) is 23.0 Å². The number of nitrogens with one attached hydrogen (secondary N) is 3. The Hall–Kier alpha value is -2.15. The fourth-order valence-corrected chi connectivity index (χ4v) is 2.31. The summed E-state index contributed by atoms with van der Waals surface area (Å²) in [6, 6.07) is 1.75. The van der Waals surface area contributed by atoms with Gasteiger partial charge in [0.25, 0.3) is 5.91 Å². The summed E-state index contributed by atoms with van der Waals surface area (Å²) in [5.41, 5.74) is 1.58. The number of aromatic amines is 1. The normalized spacial score (nSPS) is 10.2. The topological polar surface area (TPSA) is 86.9 Å². The molecule has 20 heavy (non-hydrogen) atoms. The Bertz CT molecular complexity index is 577. The van der Waals surface area contributed by atoms with Crippen LogP contribution in [0.2, 0.25) is 0 Å². The Morgan fingerprint density at radius 3 is 3.00 bits per heavy atom. The van der Waals surface area contributed by atoms with E-state index in [0.717, 1.165) is 12.0 Å². The van der Waals surface area contributed by atoms with Crippen molar-refractivity contribution in [3.05, 3.63) is 34.2 Å². The number of H-pyrrole nitrogens is 1. The second-order valence-corrected chi connectivity index (χ2v) is 4.97. The molecule has 0 aromatic carbocycles. The molecule has 0 fully saturated rings. The Morgan fingerprint density at radius 1 is 1.45 bits per heavy atom. The first-order valence-electron chi connectivity index (χ1n) is 6.33. The number of aryl methyl sites for hydroxylation is 1. The number of hydrogen-bond donors (Lipinski definition) is 3. The van der Waals surface area contributed by atoms with Crippen molar-refractivity contribution < 1.29 is 9.59 Å². The molecule has 0 saturated carbocycles. The maximum absolute atomic E-state index is 11.7. The lowest BCUT2D eigenvalue weighted by Gasteiger charge is -2.06. The van der Waals surface area contributed by atoms with Gasteiger partial charge >= 0.3 is 0 Å². The largest absolute Gasteiger partial charge is 0.351 e. The highest BCUT2D eigenvalue weighted by Gasteiger charge is 2.09. The smallest absolute Gasteiger partial charge is 0.252 e. The van der Waals surface area contributed by atoms with Gasteiger partial charge in [0.2, 0.25) is 5.91 Å². The number of thiophene rings is 1. The van der Waals surface area contributed by atoms with Crippen molar-refractivity contribution in [3.63, 3.8) is 0 Å². The molecule has 6 nitrogen and oxygen atoms in total. The second-order valence-electron chi connectivity index (χ2n) is 4.19. The molecule has 0 unspecified atom stereocenters. The third-order valence-electron chi connectivity index (χ3n) is 2.78. The van der Waals surface area contributed by atoms with Crippen LogP contribution in [0, 0.1) is 0 Å². The van der Waals surface area contributed by atoms with Gasteiger partial charge < -0.3 is 10.6 Å². The van der Waals surface area contributed by atoms with Gasteiger partial charge in [0.15, 0.2) is 0 Å². The predicted octanol–water partition coefficient (Wildman–Crippen LogP) is 1.79. The first-order chi connectivity index (χ1) is 9.70. The van der Waals surface area contributed by atoms with Gasteiger partial charge in [-0.1, -0.05) is 6.92 Å². The summed E-state index contributed by atoms with van der Waals surface area (Å²) in [4.78, 5) is 23.4. The lowest BCUT2D eigenvalue weighted by atomic mass is 10.2. The minimum atomic E-state index is -0.158. The molecule has 0 atom stereocenters. The van der Waals surface area contributed by atoms with Gasteiger partial charge in [-0.25, -0.2) is 0 Å². The predicted molar refractivity (Wildman–Crippen MR) is 77.9 cm³/mol. The highest BCUT2D eigenvalue weighted by Crippen LogP contribution is 2.11. The van der Waals surface area contributed by atoms with Crippen molar-refractivity contribution in [2.75, 3.05) is 11.9 Å². The molecule has 0 saturated heterocycles. The molecule has 0 aliphatic rings. The molecule has 0 radical (unpaired) electrons. The second kappa shape index (κ2) is 6.85. The molecular weight excluding hydrogens is 276 g/mol. The molecule has 2 amide bonds. The molecule has 2 aromatic rings. The Labute approximate surface area is 120 Å². The molecule has 0 bridgehead atoms. The van der Waals surface area contributed by atoms with Gasteiger partial charge in [-0.2, -0.15) is 16.4 Å². The zero-order valence-corrected chi connectivity index (χ0v) is 11.9. The van der Waals surface area contributed by atoms with Crippen LogP contribution < -0.4 is 10.6 Å². The van der Waals surface area contributed by atoms with Gasteiger partial charge in [0, 0.05) is 29.5 Å². The van der Waals surface area contributed by atoms with Crippen LogP contribution in [0.25, 0.3) is 0 Å².